The molecule has 0 unspecified atom stereocenters. The van der Waals surface area contributed by atoms with Crippen molar-refractivity contribution in [3.05, 3.63) is 51.9 Å². The highest BCUT2D eigenvalue weighted by Crippen LogP contribution is 2.35. The Bertz CT molecular complexity index is 1200. The summed E-state index contributed by atoms with van der Waals surface area (Å²) in [6, 6.07) is 6.66. The Balaban J connectivity index is 1.35. The number of hydrogen-bond acceptors (Lipinski definition) is 7. The number of ether oxygens (including phenoxy) is 3. The third-order valence-electron chi connectivity index (χ3n) is 5.83. The van der Waals surface area contributed by atoms with E-state index in [-0.39, 0.29) is 12.1 Å². The molecular weight excluding hydrogens is 403 g/mol. The van der Waals surface area contributed by atoms with Crippen molar-refractivity contribution in [3.63, 3.8) is 0 Å². The van der Waals surface area contributed by atoms with Gasteiger partial charge in [-0.25, -0.2) is 9.37 Å². The molecule has 0 bridgehead atoms. The summed E-state index contributed by atoms with van der Waals surface area (Å²) >= 11 is 0. The lowest BCUT2D eigenvalue weighted by Gasteiger charge is -2.36. The zero-order chi connectivity index (χ0) is 21.5. The van der Waals surface area contributed by atoms with Crippen molar-refractivity contribution in [1.82, 2.24) is 14.6 Å². The van der Waals surface area contributed by atoms with Gasteiger partial charge < -0.3 is 19.1 Å². The van der Waals surface area contributed by atoms with Crippen molar-refractivity contribution in [3.8, 4) is 17.2 Å². The SMILES string of the molecule is Cc1c(N2CC[C@H](Oc3ccc4c(c3)OCCO4)[C@@H](F)C2)nn2c(=O)ccnc2c1C. The van der Waals surface area contributed by atoms with E-state index in [0.29, 0.717) is 54.9 Å². The molecule has 1 fully saturated rings. The van der Waals surface area contributed by atoms with Crippen LogP contribution >= 0.6 is 0 Å². The van der Waals surface area contributed by atoms with E-state index in [1.165, 1.54) is 16.8 Å². The molecule has 1 aromatic carbocycles. The molecule has 8 nitrogen and oxygen atoms in total. The first kappa shape index (κ1) is 19.6. The number of anilines is 1. The summed E-state index contributed by atoms with van der Waals surface area (Å²) in [4.78, 5) is 18.4. The van der Waals surface area contributed by atoms with E-state index in [1.807, 2.05) is 18.7 Å². The molecule has 0 N–H and O–H groups in total. The molecule has 2 aliphatic heterocycles. The average Bonchev–Trinajstić information content (AvgIpc) is 2.78. The van der Waals surface area contributed by atoms with Gasteiger partial charge in [0.25, 0.3) is 5.56 Å². The number of aryl methyl sites for hydroxylation is 1. The Hall–Kier alpha value is -3.36. The quantitative estimate of drug-likeness (QED) is 0.637. The summed E-state index contributed by atoms with van der Waals surface area (Å²) in [5, 5.41) is 4.48. The monoisotopic (exact) mass is 426 g/mol. The molecule has 162 valence electrons. The average molecular weight is 426 g/mol. The molecule has 31 heavy (non-hydrogen) atoms. The minimum atomic E-state index is -1.22. The van der Waals surface area contributed by atoms with E-state index in [9.17, 15) is 4.79 Å². The lowest BCUT2D eigenvalue weighted by Crippen LogP contribution is -2.48. The third-order valence-corrected chi connectivity index (χ3v) is 5.83. The maximum Gasteiger partial charge on any atom is 0.274 e. The Morgan fingerprint density at radius 1 is 1.13 bits per heavy atom. The highest BCUT2D eigenvalue weighted by atomic mass is 19.1. The predicted octanol–water partition coefficient (Wildman–Crippen LogP) is 2.47. The molecule has 5 rings (SSSR count). The summed E-state index contributed by atoms with van der Waals surface area (Å²) in [6.07, 6.45) is 0.161. The molecular formula is C22H23FN4O4. The van der Waals surface area contributed by atoms with Gasteiger partial charge in [0.15, 0.2) is 29.1 Å². The van der Waals surface area contributed by atoms with E-state index in [0.717, 1.165) is 11.1 Å². The van der Waals surface area contributed by atoms with Crippen LogP contribution in [0.1, 0.15) is 17.5 Å². The lowest BCUT2D eigenvalue weighted by molar-refractivity contribution is 0.0809. The number of halogens is 1. The minimum absolute atomic E-state index is 0.128. The second kappa shape index (κ2) is 7.72. The topological polar surface area (TPSA) is 78.2 Å². The smallest absolute Gasteiger partial charge is 0.274 e. The largest absolute Gasteiger partial charge is 0.487 e. The van der Waals surface area contributed by atoms with Gasteiger partial charge in [-0.05, 0) is 26.0 Å². The van der Waals surface area contributed by atoms with Crippen LogP contribution in [0.15, 0.2) is 35.3 Å². The fraction of sp³-hybridized carbons (Fsp3) is 0.409. The van der Waals surface area contributed by atoms with Crippen molar-refractivity contribution in [2.24, 2.45) is 0 Å². The molecule has 0 spiro atoms. The molecule has 9 heteroatoms. The van der Waals surface area contributed by atoms with Crippen molar-refractivity contribution in [1.29, 1.82) is 0 Å². The number of rotatable bonds is 3. The molecule has 3 aromatic rings. The number of piperidine rings is 1. The fourth-order valence-corrected chi connectivity index (χ4v) is 4.04. The lowest BCUT2D eigenvalue weighted by atomic mass is 10.0. The highest BCUT2D eigenvalue weighted by Gasteiger charge is 2.33. The number of fused-ring (bicyclic) bond motifs is 2. The van der Waals surface area contributed by atoms with E-state index in [1.54, 1.807) is 18.2 Å². The molecule has 0 saturated carbocycles. The minimum Gasteiger partial charge on any atom is -0.487 e. The number of alkyl halides is 1. The van der Waals surface area contributed by atoms with Crippen LogP contribution < -0.4 is 24.7 Å². The van der Waals surface area contributed by atoms with Gasteiger partial charge in [-0.3, -0.25) is 4.79 Å². The van der Waals surface area contributed by atoms with Gasteiger partial charge >= 0.3 is 0 Å². The molecule has 0 radical (unpaired) electrons. The van der Waals surface area contributed by atoms with Crippen molar-refractivity contribution in [2.75, 3.05) is 31.2 Å². The van der Waals surface area contributed by atoms with Gasteiger partial charge in [-0.2, -0.15) is 4.52 Å². The fourth-order valence-electron chi connectivity index (χ4n) is 4.04. The molecule has 0 aliphatic carbocycles. The zero-order valence-electron chi connectivity index (χ0n) is 17.4. The number of hydrogen-bond donors (Lipinski definition) is 0. The van der Waals surface area contributed by atoms with Gasteiger partial charge in [0, 0.05) is 42.4 Å². The Labute approximate surface area is 178 Å². The zero-order valence-corrected chi connectivity index (χ0v) is 17.4. The van der Waals surface area contributed by atoms with Gasteiger partial charge in [0.05, 0.1) is 6.54 Å². The summed E-state index contributed by atoms with van der Waals surface area (Å²) in [6.45, 7) is 5.50. The predicted molar refractivity (Wildman–Crippen MR) is 112 cm³/mol. The highest BCUT2D eigenvalue weighted by molar-refractivity contribution is 5.59. The van der Waals surface area contributed by atoms with E-state index < -0.39 is 12.3 Å². The number of aromatic nitrogens is 3. The van der Waals surface area contributed by atoms with E-state index in [4.69, 9.17) is 14.2 Å². The normalized spacial score (nSPS) is 20.7. The van der Waals surface area contributed by atoms with Crippen LogP contribution in [0.5, 0.6) is 17.2 Å². The second-order valence-corrected chi connectivity index (χ2v) is 7.80. The maximum atomic E-state index is 15.1. The summed E-state index contributed by atoms with van der Waals surface area (Å²) in [5.41, 5.74) is 2.00. The second-order valence-electron chi connectivity index (χ2n) is 7.80. The van der Waals surface area contributed by atoms with Gasteiger partial charge in [0.1, 0.15) is 25.1 Å². The van der Waals surface area contributed by atoms with Gasteiger partial charge in [-0.1, -0.05) is 0 Å². The molecule has 1 saturated heterocycles. The maximum absolute atomic E-state index is 15.1. The molecule has 2 aromatic heterocycles. The van der Waals surface area contributed by atoms with Gasteiger partial charge in [0.2, 0.25) is 0 Å². The van der Waals surface area contributed by atoms with Crippen LogP contribution in [0.2, 0.25) is 0 Å². The third kappa shape index (κ3) is 3.54. The van der Waals surface area contributed by atoms with Crippen LogP contribution in [0.25, 0.3) is 5.65 Å². The van der Waals surface area contributed by atoms with Gasteiger partial charge in [-0.15, -0.1) is 5.10 Å². The first-order valence-electron chi connectivity index (χ1n) is 10.3. The Kier molecular flexibility index (Phi) is 4.88. The Morgan fingerprint density at radius 3 is 2.74 bits per heavy atom. The Morgan fingerprint density at radius 2 is 1.94 bits per heavy atom. The van der Waals surface area contributed by atoms with Crippen LogP contribution in [-0.4, -0.2) is 53.2 Å². The number of benzene rings is 1. The van der Waals surface area contributed by atoms with Crippen molar-refractivity contribution in [2.45, 2.75) is 32.5 Å². The van der Waals surface area contributed by atoms with Crippen LogP contribution in [0.3, 0.4) is 0 Å². The molecule has 2 atom stereocenters. The summed E-state index contributed by atoms with van der Waals surface area (Å²) in [5.74, 6) is 2.43. The van der Waals surface area contributed by atoms with Crippen LogP contribution in [-0.2, 0) is 0 Å². The number of nitrogens with zero attached hydrogens (tertiary/aromatic N) is 4. The van der Waals surface area contributed by atoms with E-state index >= 15 is 4.39 Å². The van der Waals surface area contributed by atoms with Crippen LogP contribution in [0.4, 0.5) is 10.2 Å². The van der Waals surface area contributed by atoms with Crippen LogP contribution in [0, 0.1) is 13.8 Å². The van der Waals surface area contributed by atoms with E-state index in [2.05, 4.69) is 10.1 Å². The van der Waals surface area contributed by atoms with Crippen molar-refractivity contribution >= 4 is 11.5 Å². The standard InChI is InChI=1S/C22H23FN4O4/c1-13-14(2)22(25-27-20(28)5-7-24-21(13)27)26-8-6-17(16(23)12-26)31-15-3-4-18-19(11-15)30-10-9-29-18/h3-5,7,11,16-17H,6,8-10,12H2,1-2H3/t16-,17-/m0/s1. The molecule has 4 heterocycles. The summed E-state index contributed by atoms with van der Waals surface area (Å²) in [7, 11) is 0. The molecule has 2 aliphatic rings. The summed E-state index contributed by atoms with van der Waals surface area (Å²) < 4.78 is 33.4. The molecule has 0 amide bonds. The first-order valence-corrected chi connectivity index (χ1v) is 10.3. The van der Waals surface area contributed by atoms with Crippen molar-refractivity contribution < 1.29 is 18.6 Å². The first-order chi connectivity index (χ1) is 15.0.